The number of nitrogens with one attached hydrogen (secondary N) is 2. The maximum absolute atomic E-state index is 12.3. The van der Waals surface area contributed by atoms with Crippen LogP contribution in [-0.2, 0) is 21.4 Å². The molecule has 1 heterocycles. The molecule has 2 amide bonds. The molecule has 0 radical (unpaired) electrons. The Labute approximate surface area is 153 Å². The van der Waals surface area contributed by atoms with Crippen molar-refractivity contribution in [2.24, 2.45) is 11.8 Å². The quantitative estimate of drug-likeness (QED) is 0.683. The first kappa shape index (κ1) is 20.2. The summed E-state index contributed by atoms with van der Waals surface area (Å²) < 4.78 is 26.5. The van der Waals surface area contributed by atoms with Gasteiger partial charge in [0, 0.05) is 26.2 Å². The average Bonchev–Trinajstić information content (AvgIpc) is 2.59. The fourth-order valence-electron chi connectivity index (χ4n) is 3.08. The van der Waals surface area contributed by atoms with Crippen molar-refractivity contribution in [1.29, 1.82) is 0 Å². The summed E-state index contributed by atoms with van der Waals surface area (Å²) in [5.41, 5.74) is 0.672. The molecule has 0 saturated carbocycles. The highest BCUT2D eigenvalue weighted by Crippen LogP contribution is 2.23. The van der Waals surface area contributed by atoms with Gasteiger partial charge in [-0.3, -0.25) is 4.79 Å². The summed E-state index contributed by atoms with van der Waals surface area (Å²) >= 11 is 0. The lowest BCUT2D eigenvalue weighted by molar-refractivity contribution is -0.145. The molecule has 1 aromatic rings. The molecule has 0 aromatic heterocycles. The Balaban J connectivity index is 1.95. The number of sulfonamides is 1. The van der Waals surface area contributed by atoms with E-state index in [1.807, 2.05) is 6.92 Å². The monoisotopic (exact) mass is 383 g/mol. The van der Waals surface area contributed by atoms with Crippen LogP contribution in [0.4, 0.5) is 4.79 Å². The number of amides is 2. The lowest BCUT2D eigenvalue weighted by atomic mass is 9.87. The van der Waals surface area contributed by atoms with Crippen LogP contribution in [0.3, 0.4) is 0 Å². The van der Waals surface area contributed by atoms with E-state index in [2.05, 4.69) is 10.0 Å². The first-order valence-corrected chi connectivity index (χ1v) is 10.1. The molecule has 2 atom stereocenters. The summed E-state index contributed by atoms with van der Waals surface area (Å²) in [6.45, 7) is 4.80. The van der Waals surface area contributed by atoms with Crippen LogP contribution < -0.4 is 10.0 Å². The molecule has 26 heavy (non-hydrogen) atoms. The summed E-state index contributed by atoms with van der Waals surface area (Å²) in [6, 6.07) is 6.12. The van der Waals surface area contributed by atoms with Gasteiger partial charge in [-0.2, -0.15) is 0 Å². The second-order valence-corrected chi connectivity index (χ2v) is 8.23. The number of aliphatic carboxylic acids is 1. The topological polar surface area (TPSA) is 116 Å². The number of carbonyl (C=O) groups excluding carboxylic acids is 1. The number of benzene rings is 1. The summed E-state index contributed by atoms with van der Waals surface area (Å²) in [6.07, 6.45) is 0.431. The van der Waals surface area contributed by atoms with Crippen LogP contribution in [0, 0.1) is 11.8 Å². The Morgan fingerprint density at radius 3 is 2.69 bits per heavy atom. The second-order valence-electron chi connectivity index (χ2n) is 6.46. The number of piperidine rings is 1. The van der Waals surface area contributed by atoms with Gasteiger partial charge in [0.15, 0.2) is 0 Å². The molecule has 2 rings (SSSR count). The molecule has 144 valence electrons. The third-order valence-electron chi connectivity index (χ3n) is 4.50. The SMILES string of the molecule is CCNS(=O)(=O)c1cccc(CNC(=O)N2CCC(C(=O)O)C(C)C2)c1. The lowest BCUT2D eigenvalue weighted by Gasteiger charge is -2.34. The van der Waals surface area contributed by atoms with Crippen molar-refractivity contribution in [2.45, 2.75) is 31.7 Å². The molecule has 1 fully saturated rings. The number of nitrogens with zero attached hydrogens (tertiary/aromatic N) is 1. The normalized spacial score (nSPS) is 20.6. The van der Waals surface area contributed by atoms with Crippen LogP contribution in [0.25, 0.3) is 0 Å². The van der Waals surface area contributed by atoms with E-state index in [-0.39, 0.29) is 23.4 Å². The van der Waals surface area contributed by atoms with Crippen LogP contribution in [0.5, 0.6) is 0 Å². The predicted molar refractivity (Wildman–Crippen MR) is 96.0 cm³/mol. The Hall–Kier alpha value is -2.13. The fourth-order valence-corrected chi connectivity index (χ4v) is 4.19. The maximum atomic E-state index is 12.3. The molecule has 9 heteroatoms. The van der Waals surface area contributed by atoms with Gasteiger partial charge < -0.3 is 15.3 Å². The zero-order valence-electron chi connectivity index (χ0n) is 14.9. The molecule has 0 bridgehead atoms. The number of rotatable bonds is 6. The number of hydrogen-bond donors (Lipinski definition) is 3. The van der Waals surface area contributed by atoms with Crippen molar-refractivity contribution in [3.63, 3.8) is 0 Å². The van der Waals surface area contributed by atoms with Crippen molar-refractivity contribution in [2.75, 3.05) is 19.6 Å². The number of carboxylic acid groups (broad SMARTS) is 1. The van der Waals surface area contributed by atoms with E-state index >= 15 is 0 Å². The zero-order valence-corrected chi connectivity index (χ0v) is 15.8. The van der Waals surface area contributed by atoms with Crippen molar-refractivity contribution in [3.05, 3.63) is 29.8 Å². The first-order valence-electron chi connectivity index (χ1n) is 8.58. The molecule has 1 aliphatic rings. The van der Waals surface area contributed by atoms with E-state index in [9.17, 15) is 18.0 Å². The number of likely N-dealkylation sites (tertiary alicyclic amines) is 1. The fraction of sp³-hybridized carbons (Fsp3) is 0.529. The summed E-state index contributed by atoms with van der Waals surface area (Å²) in [7, 11) is -3.54. The molecular formula is C17H25N3O5S. The van der Waals surface area contributed by atoms with Gasteiger partial charge >= 0.3 is 12.0 Å². The van der Waals surface area contributed by atoms with E-state index < -0.39 is 21.9 Å². The van der Waals surface area contributed by atoms with Gasteiger partial charge in [-0.15, -0.1) is 0 Å². The van der Waals surface area contributed by atoms with E-state index in [0.717, 1.165) is 0 Å². The molecule has 0 aliphatic carbocycles. The van der Waals surface area contributed by atoms with Crippen molar-refractivity contribution in [3.8, 4) is 0 Å². The third-order valence-corrected chi connectivity index (χ3v) is 6.04. The molecule has 1 aromatic carbocycles. The predicted octanol–water partition coefficient (Wildman–Crippen LogP) is 1.24. The highest BCUT2D eigenvalue weighted by atomic mass is 32.2. The molecule has 3 N–H and O–H groups in total. The van der Waals surface area contributed by atoms with Crippen LogP contribution in [0.2, 0.25) is 0 Å². The summed E-state index contributed by atoms with van der Waals surface area (Å²) in [4.78, 5) is 25.2. The Morgan fingerprint density at radius 1 is 1.35 bits per heavy atom. The van der Waals surface area contributed by atoms with Crippen LogP contribution >= 0.6 is 0 Å². The smallest absolute Gasteiger partial charge is 0.317 e. The standard InChI is InChI=1S/C17H25N3O5S/c1-3-19-26(24,25)14-6-4-5-13(9-14)10-18-17(23)20-8-7-15(16(21)22)12(2)11-20/h4-6,9,12,15,19H,3,7-8,10-11H2,1-2H3,(H,18,23)(H,21,22). The second kappa shape index (κ2) is 8.50. The van der Waals surface area contributed by atoms with E-state index in [0.29, 0.717) is 31.6 Å². The van der Waals surface area contributed by atoms with Gasteiger partial charge in [0.25, 0.3) is 0 Å². The zero-order chi connectivity index (χ0) is 19.3. The Bertz CT molecular complexity index is 765. The van der Waals surface area contributed by atoms with Crippen LogP contribution in [0.15, 0.2) is 29.2 Å². The minimum absolute atomic E-state index is 0.111. The number of hydrogen-bond acceptors (Lipinski definition) is 4. The maximum Gasteiger partial charge on any atom is 0.317 e. The molecular weight excluding hydrogens is 358 g/mol. The van der Waals surface area contributed by atoms with E-state index in [1.54, 1.807) is 24.0 Å². The highest BCUT2D eigenvalue weighted by Gasteiger charge is 2.32. The molecule has 0 spiro atoms. The first-order chi connectivity index (χ1) is 12.2. The van der Waals surface area contributed by atoms with Crippen LogP contribution in [0.1, 0.15) is 25.8 Å². The van der Waals surface area contributed by atoms with Gasteiger partial charge in [-0.1, -0.05) is 26.0 Å². The van der Waals surface area contributed by atoms with Gasteiger partial charge in [0.05, 0.1) is 10.8 Å². The molecule has 1 aliphatic heterocycles. The van der Waals surface area contributed by atoms with Gasteiger partial charge in [0.1, 0.15) is 0 Å². The largest absolute Gasteiger partial charge is 0.481 e. The van der Waals surface area contributed by atoms with E-state index in [1.165, 1.54) is 12.1 Å². The molecule has 8 nitrogen and oxygen atoms in total. The number of carbonyl (C=O) groups is 2. The summed E-state index contributed by atoms with van der Waals surface area (Å²) in [5.74, 6) is -1.36. The molecule has 2 unspecified atom stereocenters. The highest BCUT2D eigenvalue weighted by molar-refractivity contribution is 7.89. The van der Waals surface area contributed by atoms with Gasteiger partial charge in [-0.25, -0.2) is 17.9 Å². The minimum Gasteiger partial charge on any atom is -0.481 e. The van der Waals surface area contributed by atoms with Crippen molar-refractivity contribution < 1.29 is 23.1 Å². The number of carboxylic acids is 1. The minimum atomic E-state index is -3.54. The average molecular weight is 383 g/mol. The van der Waals surface area contributed by atoms with Crippen molar-refractivity contribution in [1.82, 2.24) is 14.9 Å². The van der Waals surface area contributed by atoms with E-state index in [4.69, 9.17) is 5.11 Å². The number of urea groups is 1. The third kappa shape index (κ3) is 4.95. The Morgan fingerprint density at radius 2 is 2.08 bits per heavy atom. The van der Waals surface area contributed by atoms with Crippen LogP contribution in [-0.4, -0.2) is 50.1 Å². The lowest BCUT2D eigenvalue weighted by Crippen LogP contribution is -2.48. The summed E-state index contributed by atoms with van der Waals surface area (Å²) in [5, 5.41) is 11.9. The van der Waals surface area contributed by atoms with Crippen molar-refractivity contribution >= 4 is 22.0 Å². The van der Waals surface area contributed by atoms with Gasteiger partial charge in [0.2, 0.25) is 10.0 Å². The molecule has 1 saturated heterocycles. The Kier molecular flexibility index (Phi) is 6.60. The van der Waals surface area contributed by atoms with Gasteiger partial charge in [-0.05, 0) is 30.0 Å².